The summed E-state index contributed by atoms with van der Waals surface area (Å²) in [4.78, 5) is 12.8. The maximum absolute atomic E-state index is 15.1. The average Bonchev–Trinajstić information content (AvgIpc) is 3.15. The molecule has 2 aromatic carbocycles. The van der Waals surface area contributed by atoms with E-state index in [9.17, 15) is 13.2 Å². The number of aromatic nitrogens is 2. The highest BCUT2D eigenvalue weighted by molar-refractivity contribution is 7.92. The van der Waals surface area contributed by atoms with Crippen LogP contribution in [0.2, 0.25) is 0 Å². The number of pyridine rings is 1. The Labute approximate surface area is 195 Å². The first-order chi connectivity index (χ1) is 16.1. The lowest BCUT2D eigenvalue weighted by Gasteiger charge is -2.17. The third kappa shape index (κ3) is 3.73. The molecule has 1 atom stereocenters. The minimum atomic E-state index is -3.95. The molecule has 1 N–H and O–H groups in total. The molecule has 1 unspecified atom stereocenters. The van der Waals surface area contributed by atoms with Crippen molar-refractivity contribution in [2.24, 2.45) is 5.41 Å². The Kier molecular flexibility index (Phi) is 5.01. The summed E-state index contributed by atoms with van der Waals surface area (Å²) in [7, 11) is -2.48. The molecule has 176 valence electrons. The number of ether oxygens (including phenoxy) is 1. The van der Waals surface area contributed by atoms with E-state index in [0.29, 0.717) is 22.2 Å². The summed E-state index contributed by atoms with van der Waals surface area (Å²) in [6.45, 7) is 4.16. The van der Waals surface area contributed by atoms with E-state index in [-0.39, 0.29) is 27.7 Å². The summed E-state index contributed by atoms with van der Waals surface area (Å²) in [5, 5.41) is 4.02. The lowest BCUT2D eigenvalue weighted by atomic mass is 10.0. The van der Waals surface area contributed by atoms with Crippen LogP contribution in [0.15, 0.2) is 69.0 Å². The molecule has 4 aromatic rings. The molecule has 10 heteroatoms. The van der Waals surface area contributed by atoms with Crippen molar-refractivity contribution in [2.75, 3.05) is 11.8 Å². The largest absolute Gasteiger partial charge is 0.495 e. The molecule has 1 fully saturated rings. The highest BCUT2D eigenvalue weighted by atomic mass is 32.2. The van der Waals surface area contributed by atoms with E-state index in [1.165, 1.54) is 60.4 Å². The molecular formula is C24H22FN3O5S. The van der Waals surface area contributed by atoms with Crippen LogP contribution < -0.4 is 15.0 Å². The Morgan fingerprint density at radius 3 is 2.59 bits per heavy atom. The highest BCUT2D eigenvalue weighted by Gasteiger charge is 2.48. The van der Waals surface area contributed by atoms with Crippen LogP contribution in [-0.2, 0) is 10.0 Å². The van der Waals surface area contributed by atoms with E-state index >= 15 is 4.39 Å². The predicted molar refractivity (Wildman–Crippen MR) is 125 cm³/mol. The first-order valence-corrected chi connectivity index (χ1v) is 12.1. The van der Waals surface area contributed by atoms with Crippen LogP contribution in [0, 0.1) is 11.2 Å². The lowest BCUT2D eigenvalue weighted by molar-refractivity contribution is 0.410. The smallest absolute Gasteiger partial charge is 0.263 e. The van der Waals surface area contributed by atoms with Gasteiger partial charge in [0, 0.05) is 23.6 Å². The summed E-state index contributed by atoms with van der Waals surface area (Å²) in [6.07, 6.45) is 2.12. The fourth-order valence-electron chi connectivity index (χ4n) is 4.26. The Bertz CT molecular complexity index is 1580. The van der Waals surface area contributed by atoms with Crippen molar-refractivity contribution in [3.05, 3.63) is 76.5 Å². The van der Waals surface area contributed by atoms with Gasteiger partial charge in [-0.05, 0) is 53.6 Å². The number of benzene rings is 2. The van der Waals surface area contributed by atoms with E-state index in [4.69, 9.17) is 4.74 Å². The van der Waals surface area contributed by atoms with E-state index in [1.807, 2.05) is 0 Å². The van der Waals surface area contributed by atoms with Gasteiger partial charge in [-0.25, -0.2) is 12.8 Å². The van der Waals surface area contributed by atoms with Gasteiger partial charge in [0.1, 0.15) is 17.8 Å². The van der Waals surface area contributed by atoms with Gasteiger partial charge in [-0.1, -0.05) is 19.0 Å². The Morgan fingerprint density at radius 1 is 1.18 bits per heavy atom. The Balaban J connectivity index is 1.63. The average molecular weight is 484 g/mol. The summed E-state index contributed by atoms with van der Waals surface area (Å²) in [5.74, 6) is 0.0817. The highest BCUT2D eigenvalue weighted by Crippen LogP contribution is 2.59. The van der Waals surface area contributed by atoms with Gasteiger partial charge >= 0.3 is 0 Å². The molecule has 0 bridgehead atoms. The minimum absolute atomic E-state index is 0.0194. The zero-order valence-electron chi connectivity index (χ0n) is 18.7. The molecule has 0 saturated heterocycles. The Morgan fingerprint density at radius 2 is 1.94 bits per heavy atom. The molecule has 5 rings (SSSR count). The molecule has 0 amide bonds. The molecule has 1 aliphatic rings. The predicted octanol–water partition coefficient (Wildman–Crippen LogP) is 4.44. The third-order valence-corrected chi connectivity index (χ3v) is 7.63. The number of fused-ring (bicyclic) bond motifs is 1. The molecule has 2 heterocycles. The quantitative estimate of drug-likeness (QED) is 0.435. The zero-order chi connectivity index (χ0) is 24.3. The van der Waals surface area contributed by atoms with Gasteiger partial charge in [0.25, 0.3) is 15.6 Å². The minimum Gasteiger partial charge on any atom is -0.495 e. The SMILES string of the molecule is COc1cc(C2CC2(C)C)c(F)cc1-n1c(=O)ccc2cc(S(=O)(=O)Nc3ccon3)ccc21. The molecule has 34 heavy (non-hydrogen) atoms. The third-order valence-electron chi connectivity index (χ3n) is 6.28. The monoisotopic (exact) mass is 483 g/mol. The molecule has 0 radical (unpaired) electrons. The number of halogens is 1. The summed E-state index contributed by atoms with van der Waals surface area (Å²) in [6, 6.07) is 11.5. The van der Waals surface area contributed by atoms with Crippen molar-refractivity contribution < 1.29 is 22.1 Å². The molecule has 0 aliphatic heterocycles. The van der Waals surface area contributed by atoms with Gasteiger partial charge in [0.2, 0.25) is 0 Å². The first kappa shape index (κ1) is 22.1. The summed E-state index contributed by atoms with van der Waals surface area (Å²) >= 11 is 0. The maximum atomic E-state index is 15.1. The van der Waals surface area contributed by atoms with Gasteiger partial charge in [-0.2, -0.15) is 0 Å². The van der Waals surface area contributed by atoms with Crippen LogP contribution in [0.5, 0.6) is 5.75 Å². The van der Waals surface area contributed by atoms with Crippen molar-refractivity contribution in [1.29, 1.82) is 0 Å². The number of methoxy groups -OCH3 is 1. The lowest BCUT2D eigenvalue weighted by Crippen LogP contribution is -2.19. The van der Waals surface area contributed by atoms with Gasteiger partial charge < -0.3 is 9.26 Å². The standard InChI is InChI=1S/C24H22FN3O5S/c1-24(2)13-17(24)16-11-21(32-3)20(12-18(16)25)28-19-6-5-15(10-14(19)4-7-23(28)29)34(30,31)27-22-8-9-33-26-22/h4-12,17H,13H2,1-3H3,(H,26,27). The second-order valence-corrected chi connectivity index (χ2v) is 10.7. The van der Waals surface area contributed by atoms with Crippen molar-refractivity contribution in [3.63, 3.8) is 0 Å². The number of sulfonamides is 1. The van der Waals surface area contributed by atoms with Gasteiger partial charge in [0.15, 0.2) is 5.82 Å². The summed E-state index contributed by atoms with van der Waals surface area (Å²) in [5.41, 5.74) is 0.831. The van der Waals surface area contributed by atoms with Crippen LogP contribution >= 0.6 is 0 Å². The van der Waals surface area contributed by atoms with Crippen LogP contribution in [-0.4, -0.2) is 25.3 Å². The van der Waals surface area contributed by atoms with Crippen molar-refractivity contribution in [1.82, 2.24) is 9.72 Å². The number of nitrogens with zero attached hydrogens (tertiary/aromatic N) is 2. The van der Waals surface area contributed by atoms with E-state index < -0.39 is 21.4 Å². The van der Waals surface area contributed by atoms with Gasteiger partial charge in [-0.3, -0.25) is 14.1 Å². The van der Waals surface area contributed by atoms with Crippen LogP contribution in [0.4, 0.5) is 10.2 Å². The molecule has 2 aromatic heterocycles. The van der Waals surface area contributed by atoms with Crippen molar-refractivity contribution >= 4 is 26.7 Å². The van der Waals surface area contributed by atoms with Crippen LogP contribution in [0.25, 0.3) is 16.6 Å². The molecule has 1 aliphatic carbocycles. The number of anilines is 1. The van der Waals surface area contributed by atoms with Crippen LogP contribution in [0.3, 0.4) is 0 Å². The molecule has 8 nitrogen and oxygen atoms in total. The zero-order valence-corrected chi connectivity index (χ0v) is 19.5. The fraction of sp³-hybridized carbons (Fsp3) is 0.250. The molecule has 0 spiro atoms. The second kappa shape index (κ2) is 7.69. The van der Waals surface area contributed by atoms with E-state index in [1.54, 1.807) is 6.07 Å². The Hall–Kier alpha value is -3.66. The van der Waals surface area contributed by atoms with E-state index in [0.717, 1.165) is 6.42 Å². The first-order valence-electron chi connectivity index (χ1n) is 10.6. The van der Waals surface area contributed by atoms with Gasteiger partial charge in [-0.15, -0.1) is 0 Å². The van der Waals surface area contributed by atoms with Crippen molar-refractivity contribution in [2.45, 2.75) is 31.1 Å². The molecule has 1 saturated carbocycles. The number of hydrogen-bond donors (Lipinski definition) is 1. The van der Waals surface area contributed by atoms with E-state index in [2.05, 4.69) is 28.2 Å². The topological polar surface area (TPSA) is 103 Å². The van der Waals surface area contributed by atoms with Crippen molar-refractivity contribution in [3.8, 4) is 11.4 Å². The fourth-order valence-corrected chi connectivity index (χ4v) is 5.29. The van der Waals surface area contributed by atoms with Gasteiger partial charge in [0.05, 0.1) is 23.2 Å². The second-order valence-electron chi connectivity index (χ2n) is 9.01. The normalized spacial score (nSPS) is 17.0. The number of hydrogen-bond acceptors (Lipinski definition) is 6. The number of rotatable bonds is 6. The molecular weight excluding hydrogens is 461 g/mol. The summed E-state index contributed by atoms with van der Waals surface area (Å²) < 4.78 is 54.5. The number of nitrogens with one attached hydrogen (secondary N) is 1. The van der Waals surface area contributed by atoms with Crippen LogP contribution in [0.1, 0.15) is 31.7 Å². The maximum Gasteiger partial charge on any atom is 0.263 e.